The largest absolute Gasteiger partial charge is 0.369 e. The standard InChI is InChI=1S/C29H35F2N3O2/c1-36-27(20-13-7-3-8-14-20)28-33-24-17-22(30)23(31)18-25(24)34(28)26(19-11-5-2-6-12-19)29(35)32-21-15-9-4-10-16-21/h3,7-8,13-14,17-19,21,26-27H,2,4-6,9-12,15-16H2,1H3,(H,32,35)/t26-,27-/m0/s1. The van der Waals surface area contributed by atoms with Crippen LogP contribution in [0.2, 0.25) is 0 Å². The Hall–Kier alpha value is -2.80. The summed E-state index contributed by atoms with van der Waals surface area (Å²) < 4.78 is 36.6. The third kappa shape index (κ3) is 5.03. The Bertz CT molecular complexity index is 1180. The molecule has 2 saturated carbocycles. The van der Waals surface area contributed by atoms with E-state index in [2.05, 4.69) is 5.32 Å². The molecule has 0 spiro atoms. The fourth-order valence-corrected chi connectivity index (χ4v) is 6.13. The number of aromatic nitrogens is 2. The number of nitrogens with one attached hydrogen (secondary N) is 1. The molecule has 2 aromatic carbocycles. The maximum atomic E-state index is 14.6. The average Bonchev–Trinajstić information content (AvgIpc) is 3.24. The normalized spacial score (nSPS) is 19.3. The molecule has 0 radical (unpaired) electrons. The number of halogens is 2. The first-order chi connectivity index (χ1) is 17.6. The number of carbonyl (C=O) groups excluding carboxylic acids is 1. The molecule has 2 fully saturated rings. The van der Waals surface area contributed by atoms with E-state index in [1.54, 1.807) is 7.11 Å². The highest BCUT2D eigenvalue weighted by Crippen LogP contribution is 2.39. The highest BCUT2D eigenvalue weighted by Gasteiger charge is 2.37. The number of fused-ring (bicyclic) bond motifs is 1. The smallest absolute Gasteiger partial charge is 0.243 e. The van der Waals surface area contributed by atoms with E-state index in [-0.39, 0.29) is 17.9 Å². The molecule has 1 heterocycles. The van der Waals surface area contributed by atoms with Crippen molar-refractivity contribution < 1.29 is 18.3 Å². The van der Waals surface area contributed by atoms with Gasteiger partial charge in [-0.3, -0.25) is 4.79 Å². The molecule has 1 N–H and O–H groups in total. The second-order valence-electron chi connectivity index (χ2n) is 10.3. The molecule has 1 amide bonds. The fourth-order valence-electron chi connectivity index (χ4n) is 6.13. The lowest BCUT2D eigenvalue weighted by Crippen LogP contribution is -2.44. The molecule has 5 rings (SSSR count). The molecular formula is C29H35F2N3O2. The molecule has 2 atom stereocenters. The van der Waals surface area contributed by atoms with Gasteiger partial charge >= 0.3 is 0 Å². The van der Waals surface area contributed by atoms with Crippen LogP contribution in [0.15, 0.2) is 42.5 Å². The van der Waals surface area contributed by atoms with Crippen molar-refractivity contribution in [2.45, 2.75) is 82.4 Å². The summed E-state index contributed by atoms with van der Waals surface area (Å²) in [5.41, 5.74) is 1.62. The molecule has 7 heteroatoms. The number of hydrogen-bond acceptors (Lipinski definition) is 3. The first-order valence-electron chi connectivity index (χ1n) is 13.3. The number of imidazole rings is 1. The van der Waals surface area contributed by atoms with Gasteiger partial charge < -0.3 is 14.6 Å². The lowest BCUT2D eigenvalue weighted by Gasteiger charge is -2.34. The molecule has 0 aliphatic heterocycles. The molecule has 2 aliphatic rings. The van der Waals surface area contributed by atoms with Crippen LogP contribution in [-0.2, 0) is 9.53 Å². The van der Waals surface area contributed by atoms with Crippen molar-refractivity contribution in [3.8, 4) is 0 Å². The van der Waals surface area contributed by atoms with E-state index in [0.717, 1.165) is 69.4 Å². The van der Waals surface area contributed by atoms with E-state index in [9.17, 15) is 13.6 Å². The summed E-state index contributed by atoms with van der Waals surface area (Å²) in [6.07, 6.45) is 9.87. The highest BCUT2D eigenvalue weighted by atomic mass is 19.2. The number of ether oxygens (including phenoxy) is 1. The SMILES string of the molecule is CO[C@@H](c1ccccc1)c1nc2cc(F)c(F)cc2n1[C@H](C(=O)NC1CCCCC1)C1CCCCC1. The second-order valence-corrected chi connectivity index (χ2v) is 10.3. The molecule has 2 aliphatic carbocycles. The summed E-state index contributed by atoms with van der Waals surface area (Å²) in [6.45, 7) is 0. The first-order valence-corrected chi connectivity index (χ1v) is 13.3. The maximum Gasteiger partial charge on any atom is 0.243 e. The van der Waals surface area contributed by atoms with Gasteiger partial charge in [-0.05, 0) is 37.2 Å². The lowest BCUT2D eigenvalue weighted by molar-refractivity contribution is -0.127. The number of rotatable bonds is 7. The van der Waals surface area contributed by atoms with Gasteiger partial charge in [-0.1, -0.05) is 68.9 Å². The number of methoxy groups -OCH3 is 1. The zero-order chi connectivity index (χ0) is 25.1. The summed E-state index contributed by atoms with van der Waals surface area (Å²) in [7, 11) is 1.60. The fraction of sp³-hybridized carbons (Fsp3) is 0.517. The van der Waals surface area contributed by atoms with Crippen molar-refractivity contribution in [1.82, 2.24) is 14.9 Å². The minimum absolute atomic E-state index is 0.0537. The van der Waals surface area contributed by atoms with Crippen LogP contribution < -0.4 is 5.32 Å². The van der Waals surface area contributed by atoms with Gasteiger partial charge in [-0.25, -0.2) is 13.8 Å². The van der Waals surface area contributed by atoms with Crippen molar-refractivity contribution >= 4 is 16.9 Å². The van der Waals surface area contributed by atoms with Crippen molar-refractivity contribution in [2.24, 2.45) is 5.92 Å². The van der Waals surface area contributed by atoms with E-state index in [0.29, 0.717) is 16.9 Å². The molecule has 0 saturated heterocycles. The topological polar surface area (TPSA) is 56.2 Å². The number of carbonyl (C=O) groups is 1. The maximum absolute atomic E-state index is 14.6. The second kappa shape index (κ2) is 11.1. The molecule has 0 unspecified atom stereocenters. The number of amides is 1. The third-order valence-corrected chi connectivity index (χ3v) is 7.93. The van der Waals surface area contributed by atoms with Crippen molar-refractivity contribution in [2.75, 3.05) is 7.11 Å². The Morgan fingerprint density at radius 1 is 0.972 bits per heavy atom. The Balaban J connectivity index is 1.66. The number of benzene rings is 2. The van der Waals surface area contributed by atoms with Gasteiger partial charge in [0, 0.05) is 25.3 Å². The van der Waals surface area contributed by atoms with Gasteiger partial charge in [0.15, 0.2) is 11.6 Å². The van der Waals surface area contributed by atoms with Gasteiger partial charge in [-0.2, -0.15) is 0 Å². The Morgan fingerprint density at radius 2 is 1.61 bits per heavy atom. The van der Waals surface area contributed by atoms with Crippen LogP contribution in [0.3, 0.4) is 0 Å². The third-order valence-electron chi connectivity index (χ3n) is 7.93. The number of hydrogen-bond donors (Lipinski definition) is 1. The van der Waals surface area contributed by atoms with Crippen LogP contribution in [0, 0.1) is 17.6 Å². The Kier molecular flexibility index (Phi) is 7.65. The van der Waals surface area contributed by atoms with Crippen molar-refractivity contribution in [3.63, 3.8) is 0 Å². The van der Waals surface area contributed by atoms with Crippen molar-refractivity contribution in [3.05, 3.63) is 65.5 Å². The quantitative estimate of drug-likeness (QED) is 0.401. The highest BCUT2D eigenvalue weighted by molar-refractivity contribution is 5.85. The van der Waals surface area contributed by atoms with Crippen LogP contribution in [0.4, 0.5) is 8.78 Å². The monoisotopic (exact) mass is 495 g/mol. The minimum atomic E-state index is -0.951. The summed E-state index contributed by atoms with van der Waals surface area (Å²) in [4.78, 5) is 18.8. The van der Waals surface area contributed by atoms with Gasteiger partial charge in [0.25, 0.3) is 0 Å². The summed E-state index contributed by atoms with van der Waals surface area (Å²) in [6, 6.07) is 11.5. The van der Waals surface area contributed by atoms with Crippen LogP contribution in [0.5, 0.6) is 0 Å². The van der Waals surface area contributed by atoms with Crippen LogP contribution in [-0.4, -0.2) is 28.6 Å². The predicted octanol–water partition coefficient (Wildman–Crippen LogP) is 6.62. The average molecular weight is 496 g/mol. The van der Waals surface area contributed by atoms with Crippen LogP contribution >= 0.6 is 0 Å². The van der Waals surface area contributed by atoms with Gasteiger partial charge in [-0.15, -0.1) is 0 Å². The molecule has 0 bridgehead atoms. The van der Waals surface area contributed by atoms with E-state index in [1.807, 2.05) is 34.9 Å². The molecular weight excluding hydrogens is 460 g/mol. The van der Waals surface area contributed by atoms with Crippen LogP contribution in [0.1, 0.15) is 87.7 Å². The van der Waals surface area contributed by atoms with Crippen LogP contribution in [0.25, 0.3) is 11.0 Å². The molecule has 5 nitrogen and oxygen atoms in total. The first kappa shape index (κ1) is 24.9. The van der Waals surface area contributed by atoms with Gasteiger partial charge in [0.1, 0.15) is 18.0 Å². The molecule has 1 aromatic heterocycles. The zero-order valence-corrected chi connectivity index (χ0v) is 20.9. The summed E-state index contributed by atoms with van der Waals surface area (Å²) in [5, 5.41) is 3.32. The van der Waals surface area contributed by atoms with E-state index >= 15 is 0 Å². The van der Waals surface area contributed by atoms with Gasteiger partial charge in [0.05, 0.1) is 11.0 Å². The molecule has 3 aromatic rings. The zero-order valence-electron chi connectivity index (χ0n) is 20.9. The Labute approximate surface area is 211 Å². The lowest BCUT2D eigenvalue weighted by atomic mass is 9.82. The predicted molar refractivity (Wildman–Crippen MR) is 136 cm³/mol. The summed E-state index contributed by atoms with van der Waals surface area (Å²) in [5.74, 6) is -1.37. The van der Waals surface area contributed by atoms with E-state index < -0.39 is 23.8 Å². The molecule has 36 heavy (non-hydrogen) atoms. The minimum Gasteiger partial charge on any atom is -0.369 e. The Morgan fingerprint density at radius 3 is 2.28 bits per heavy atom. The van der Waals surface area contributed by atoms with Gasteiger partial charge in [0.2, 0.25) is 5.91 Å². The van der Waals surface area contributed by atoms with Crippen molar-refractivity contribution in [1.29, 1.82) is 0 Å². The molecule has 192 valence electrons. The summed E-state index contributed by atoms with van der Waals surface area (Å²) >= 11 is 0. The van der Waals surface area contributed by atoms with E-state index in [4.69, 9.17) is 9.72 Å². The van der Waals surface area contributed by atoms with E-state index in [1.165, 1.54) is 12.5 Å². The number of nitrogens with zero attached hydrogens (tertiary/aromatic N) is 2.